The SMILES string of the molecule is CCCOc1ccnc(NCc2ncccc2CC)n1. The normalized spacial score (nSPS) is 10.3. The van der Waals surface area contributed by atoms with Crippen molar-refractivity contribution in [2.24, 2.45) is 0 Å². The van der Waals surface area contributed by atoms with Crippen molar-refractivity contribution < 1.29 is 4.74 Å². The molecule has 0 aliphatic rings. The Balaban J connectivity index is 1.99. The highest BCUT2D eigenvalue weighted by Crippen LogP contribution is 2.11. The lowest BCUT2D eigenvalue weighted by Gasteiger charge is -2.09. The lowest BCUT2D eigenvalue weighted by Crippen LogP contribution is -2.08. The molecule has 20 heavy (non-hydrogen) atoms. The molecule has 2 heterocycles. The average Bonchev–Trinajstić information content (AvgIpc) is 2.51. The fourth-order valence-electron chi connectivity index (χ4n) is 1.83. The van der Waals surface area contributed by atoms with E-state index in [0.29, 0.717) is 25.0 Å². The number of aryl methyl sites for hydroxylation is 1. The summed E-state index contributed by atoms with van der Waals surface area (Å²) in [6, 6.07) is 5.81. The highest BCUT2D eigenvalue weighted by molar-refractivity contribution is 5.30. The van der Waals surface area contributed by atoms with Crippen LogP contribution in [0.4, 0.5) is 5.95 Å². The Kier molecular flexibility index (Phi) is 5.29. The van der Waals surface area contributed by atoms with Gasteiger partial charge < -0.3 is 10.1 Å². The van der Waals surface area contributed by atoms with Gasteiger partial charge in [0.2, 0.25) is 11.8 Å². The van der Waals surface area contributed by atoms with Crippen LogP contribution in [0.1, 0.15) is 31.5 Å². The Morgan fingerprint density at radius 1 is 1.15 bits per heavy atom. The van der Waals surface area contributed by atoms with Crippen LogP contribution in [0.5, 0.6) is 5.88 Å². The smallest absolute Gasteiger partial charge is 0.226 e. The highest BCUT2D eigenvalue weighted by atomic mass is 16.5. The molecular formula is C15H20N4O. The van der Waals surface area contributed by atoms with Crippen LogP contribution in [0.25, 0.3) is 0 Å². The van der Waals surface area contributed by atoms with Gasteiger partial charge in [0.1, 0.15) is 0 Å². The monoisotopic (exact) mass is 272 g/mol. The van der Waals surface area contributed by atoms with Crippen LogP contribution < -0.4 is 10.1 Å². The van der Waals surface area contributed by atoms with E-state index in [0.717, 1.165) is 18.5 Å². The third-order valence-corrected chi connectivity index (χ3v) is 2.86. The third kappa shape index (κ3) is 3.91. The maximum absolute atomic E-state index is 5.49. The van der Waals surface area contributed by atoms with E-state index in [1.54, 1.807) is 18.5 Å². The molecule has 0 spiro atoms. The molecule has 0 aliphatic carbocycles. The predicted octanol–water partition coefficient (Wildman–Crippen LogP) is 2.83. The number of nitrogens with zero attached hydrogens (tertiary/aromatic N) is 3. The van der Waals surface area contributed by atoms with Crippen LogP contribution >= 0.6 is 0 Å². The summed E-state index contributed by atoms with van der Waals surface area (Å²) in [5.74, 6) is 1.16. The second-order valence-corrected chi connectivity index (χ2v) is 4.38. The van der Waals surface area contributed by atoms with Gasteiger partial charge >= 0.3 is 0 Å². The van der Waals surface area contributed by atoms with Crippen molar-refractivity contribution in [2.75, 3.05) is 11.9 Å². The Hall–Kier alpha value is -2.17. The van der Waals surface area contributed by atoms with Crippen LogP contribution in [0.15, 0.2) is 30.6 Å². The van der Waals surface area contributed by atoms with Crippen molar-refractivity contribution in [1.29, 1.82) is 0 Å². The molecule has 106 valence electrons. The first-order chi connectivity index (χ1) is 9.83. The fraction of sp³-hybridized carbons (Fsp3) is 0.400. The number of hydrogen-bond donors (Lipinski definition) is 1. The molecule has 0 aliphatic heterocycles. The summed E-state index contributed by atoms with van der Waals surface area (Å²) in [4.78, 5) is 12.9. The van der Waals surface area contributed by atoms with Crippen molar-refractivity contribution in [3.05, 3.63) is 41.9 Å². The molecule has 0 atom stereocenters. The van der Waals surface area contributed by atoms with Crippen LogP contribution in [-0.4, -0.2) is 21.6 Å². The Morgan fingerprint density at radius 3 is 2.85 bits per heavy atom. The minimum Gasteiger partial charge on any atom is -0.478 e. The van der Waals surface area contributed by atoms with Crippen molar-refractivity contribution in [1.82, 2.24) is 15.0 Å². The van der Waals surface area contributed by atoms with E-state index in [2.05, 4.69) is 40.2 Å². The Labute approximate surface area is 119 Å². The van der Waals surface area contributed by atoms with Gasteiger partial charge in [-0.1, -0.05) is 19.9 Å². The first-order valence-electron chi connectivity index (χ1n) is 6.96. The predicted molar refractivity (Wildman–Crippen MR) is 78.8 cm³/mol. The molecule has 0 unspecified atom stereocenters. The summed E-state index contributed by atoms with van der Waals surface area (Å²) in [5, 5.41) is 3.19. The van der Waals surface area contributed by atoms with E-state index < -0.39 is 0 Å². The zero-order chi connectivity index (χ0) is 14.2. The number of nitrogens with one attached hydrogen (secondary N) is 1. The molecule has 0 saturated carbocycles. The summed E-state index contributed by atoms with van der Waals surface area (Å²) in [6.07, 6.45) is 5.42. The number of rotatable bonds is 7. The molecule has 0 aromatic carbocycles. The van der Waals surface area contributed by atoms with Gasteiger partial charge in [-0.25, -0.2) is 4.98 Å². The molecule has 2 rings (SSSR count). The minimum atomic E-state index is 0.561. The van der Waals surface area contributed by atoms with Crippen LogP contribution in [0, 0.1) is 0 Å². The molecule has 0 saturated heterocycles. The van der Waals surface area contributed by atoms with E-state index in [9.17, 15) is 0 Å². The molecule has 5 heteroatoms. The minimum absolute atomic E-state index is 0.561. The molecule has 0 radical (unpaired) electrons. The summed E-state index contributed by atoms with van der Waals surface area (Å²) in [6.45, 7) is 5.46. The topological polar surface area (TPSA) is 59.9 Å². The summed E-state index contributed by atoms with van der Waals surface area (Å²) >= 11 is 0. The van der Waals surface area contributed by atoms with Gasteiger partial charge in [-0.2, -0.15) is 4.98 Å². The second kappa shape index (κ2) is 7.43. The van der Waals surface area contributed by atoms with Gasteiger partial charge in [-0.15, -0.1) is 0 Å². The Morgan fingerprint density at radius 2 is 2.05 bits per heavy atom. The molecule has 0 fully saturated rings. The summed E-state index contributed by atoms with van der Waals surface area (Å²) in [7, 11) is 0. The third-order valence-electron chi connectivity index (χ3n) is 2.86. The van der Waals surface area contributed by atoms with Gasteiger partial charge in [0.15, 0.2) is 0 Å². The zero-order valence-electron chi connectivity index (χ0n) is 12.0. The number of pyridine rings is 1. The van der Waals surface area contributed by atoms with E-state index in [1.807, 2.05) is 6.07 Å². The van der Waals surface area contributed by atoms with Gasteiger partial charge in [0.25, 0.3) is 0 Å². The standard InChI is InChI=1S/C15H20N4O/c1-3-10-20-14-7-9-17-15(19-14)18-11-13-12(4-2)6-5-8-16-13/h5-9H,3-4,10-11H2,1-2H3,(H,17,18,19). The van der Waals surface area contributed by atoms with E-state index >= 15 is 0 Å². The number of hydrogen-bond acceptors (Lipinski definition) is 5. The summed E-state index contributed by atoms with van der Waals surface area (Å²) in [5.41, 5.74) is 2.26. The largest absolute Gasteiger partial charge is 0.478 e. The lowest BCUT2D eigenvalue weighted by atomic mass is 10.1. The average molecular weight is 272 g/mol. The van der Waals surface area contributed by atoms with Crippen molar-refractivity contribution in [2.45, 2.75) is 33.2 Å². The van der Waals surface area contributed by atoms with Crippen LogP contribution in [0.2, 0.25) is 0 Å². The summed E-state index contributed by atoms with van der Waals surface area (Å²) < 4.78 is 5.49. The van der Waals surface area contributed by atoms with Gasteiger partial charge in [-0.3, -0.25) is 4.98 Å². The second-order valence-electron chi connectivity index (χ2n) is 4.38. The molecule has 1 N–H and O–H groups in total. The molecule has 0 bridgehead atoms. The maximum atomic E-state index is 5.49. The zero-order valence-corrected chi connectivity index (χ0v) is 12.0. The number of anilines is 1. The number of aromatic nitrogens is 3. The van der Waals surface area contributed by atoms with Gasteiger partial charge in [0, 0.05) is 18.5 Å². The highest BCUT2D eigenvalue weighted by Gasteiger charge is 2.03. The first-order valence-corrected chi connectivity index (χ1v) is 6.96. The first kappa shape index (κ1) is 14.2. The van der Waals surface area contributed by atoms with Crippen LogP contribution in [0.3, 0.4) is 0 Å². The molecule has 2 aromatic rings. The Bertz CT molecular complexity index is 545. The van der Waals surface area contributed by atoms with Crippen molar-refractivity contribution in [3.63, 3.8) is 0 Å². The van der Waals surface area contributed by atoms with Crippen molar-refractivity contribution in [3.8, 4) is 5.88 Å². The molecule has 5 nitrogen and oxygen atoms in total. The molecule has 0 amide bonds. The van der Waals surface area contributed by atoms with Crippen LogP contribution in [-0.2, 0) is 13.0 Å². The fourth-order valence-corrected chi connectivity index (χ4v) is 1.83. The number of ether oxygens (including phenoxy) is 1. The lowest BCUT2D eigenvalue weighted by molar-refractivity contribution is 0.305. The van der Waals surface area contributed by atoms with Crippen molar-refractivity contribution >= 4 is 5.95 Å². The van der Waals surface area contributed by atoms with E-state index in [1.165, 1.54) is 5.56 Å². The maximum Gasteiger partial charge on any atom is 0.226 e. The quantitative estimate of drug-likeness (QED) is 0.839. The van der Waals surface area contributed by atoms with E-state index in [-0.39, 0.29) is 0 Å². The van der Waals surface area contributed by atoms with Gasteiger partial charge in [0.05, 0.1) is 18.8 Å². The molecular weight excluding hydrogens is 252 g/mol. The van der Waals surface area contributed by atoms with Gasteiger partial charge in [-0.05, 0) is 24.5 Å². The molecule has 2 aromatic heterocycles. The van der Waals surface area contributed by atoms with E-state index in [4.69, 9.17) is 4.74 Å².